The lowest BCUT2D eigenvalue weighted by Crippen LogP contribution is -2.29. The molecule has 1 aliphatic rings. The predicted molar refractivity (Wildman–Crippen MR) is 74.8 cm³/mol. The molecule has 0 atom stereocenters. The SMILES string of the molecule is NS(=O)(=O)c1ccc(NC2CCC(C(=O)O)CC2)cc1. The second-order valence-corrected chi connectivity index (χ2v) is 6.66. The van der Waals surface area contributed by atoms with Gasteiger partial charge in [0.1, 0.15) is 0 Å². The van der Waals surface area contributed by atoms with E-state index >= 15 is 0 Å². The van der Waals surface area contributed by atoms with Crippen LogP contribution in [0.25, 0.3) is 0 Å². The number of carboxylic acids is 1. The van der Waals surface area contributed by atoms with E-state index < -0.39 is 16.0 Å². The van der Waals surface area contributed by atoms with Crippen LogP contribution in [0.2, 0.25) is 0 Å². The van der Waals surface area contributed by atoms with Gasteiger partial charge < -0.3 is 10.4 Å². The van der Waals surface area contributed by atoms with Gasteiger partial charge in [0.15, 0.2) is 0 Å². The molecule has 0 spiro atoms. The van der Waals surface area contributed by atoms with Crippen molar-refractivity contribution in [3.63, 3.8) is 0 Å². The van der Waals surface area contributed by atoms with Crippen LogP contribution in [0, 0.1) is 5.92 Å². The molecule has 1 aromatic rings. The van der Waals surface area contributed by atoms with E-state index in [-0.39, 0.29) is 16.9 Å². The van der Waals surface area contributed by atoms with Crippen molar-refractivity contribution in [2.75, 3.05) is 5.32 Å². The van der Waals surface area contributed by atoms with Crippen molar-refractivity contribution in [1.29, 1.82) is 0 Å². The second-order valence-electron chi connectivity index (χ2n) is 5.10. The van der Waals surface area contributed by atoms with Gasteiger partial charge in [0.2, 0.25) is 10.0 Å². The van der Waals surface area contributed by atoms with Gasteiger partial charge >= 0.3 is 5.97 Å². The lowest BCUT2D eigenvalue weighted by atomic mass is 9.86. The number of hydrogen-bond donors (Lipinski definition) is 3. The highest BCUT2D eigenvalue weighted by Crippen LogP contribution is 2.27. The summed E-state index contributed by atoms with van der Waals surface area (Å²) in [5, 5.41) is 17.3. The van der Waals surface area contributed by atoms with Gasteiger partial charge in [-0.05, 0) is 49.9 Å². The first kappa shape index (κ1) is 14.8. The molecule has 0 bridgehead atoms. The molecular weight excluding hydrogens is 280 g/mol. The van der Waals surface area contributed by atoms with Gasteiger partial charge in [-0.25, -0.2) is 13.6 Å². The highest BCUT2D eigenvalue weighted by molar-refractivity contribution is 7.89. The fourth-order valence-corrected chi connectivity index (χ4v) is 2.98. The van der Waals surface area contributed by atoms with Crippen LogP contribution in [0.15, 0.2) is 29.2 Å². The van der Waals surface area contributed by atoms with Crippen LogP contribution in [-0.4, -0.2) is 25.5 Å². The monoisotopic (exact) mass is 298 g/mol. The maximum Gasteiger partial charge on any atom is 0.306 e. The number of carboxylic acid groups (broad SMARTS) is 1. The fourth-order valence-electron chi connectivity index (χ4n) is 2.46. The molecule has 0 amide bonds. The Kier molecular flexibility index (Phi) is 4.29. The molecule has 0 unspecified atom stereocenters. The summed E-state index contributed by atoms with van der Waals surface area (Å²) in [5.41, 5.74) is 0.816. The van der Waals surface area contributed by atoms with Crippen LogP contribution >= 0.6 is 0 Å². The molecule has 0 saturated heterocycles. The Morgan fingerprint density at radius 1 is 1.15 bits per heavy atom. The summed E-state index contributed by atoms with van der Waals surface area (Å²) in [7, 11) is -3.66. The molecule has 110 valence electrons. The van der Waals surface area contributed by atoms with Gasteiger partial charge in [0.25, 0.3) is 0 Å². The summed E-state index contributed by atoms with van der Waals surface area (Å²) in [6.07, 6.45) is 2.94. The zero-order valence-electron chi connectivity index (χ0n) is 11.0. The zero-order valence-corrected chi connectivity index (χ0v) is 11.8. The number of benzene rings is 1. The highest BCUT2D eigenvalue weighted by atomic mass is 32.2. The molecule has 2 rings (SSSR count). The number of rotatable bonds is 4. The molecule has 0 aliphatic heterocycles. The molecule has 6 nitrogen and oxygen atoms in total. The van der Waals surface area contributed by atoms with E-state index in [1.54, 1.807) is 12.1 Å². The van der Waals surface area contributed by atoms with Crippen molar-refractivity contribution in [2.24, 2.45) is 11.1 Å². The third kappa shape index (κ3) is 3.71. The minimum atomic E-state index is -3.66. The average Bonchev–Trinajstić information content (AvgIpc) is 2.39. The normalized spacial score (nSPS) is 23.2. The van der Waals surface area contributed by atoms with Gasteiger partial charge in [0.05, 0.1) is 10.8 Å². The van der Waals surface area contributed by atoms with Crippen molar-refractivity contribution >= 4 is 21.7 Å². The quantitative estimate of drug-likeness (QED) is 0.778. The number of carbonyl (C=O) groups is 1. The summed E-state index contributed by atoms with van der Waals surface area (Å²) in [6.45, 7) is 0. The standard InChI is InChI=1S/C13H18N2O4S/c14-20(18,19)12-7-5-11(6-8-12)15-10-3-1-9(2-4-10)13(16)17/h5-10,15H,1-4H2,(H,16,17)(H2,14,18,19). The van der Waals surface area contributed by atoms with E-state index in [9.17, 15) is 13.2 Å². The van der Waals surface area contributed by atoms with Crippen LogP contribution in [0.5, 0.6) is 0 Å². The molecule has 1 aliphatic carbocycles. The van der Waals surface area contributed by atoms with Gasteiger partial charge in [-0.1, -0.05) is 0 Å². The van der Waals surface area contributed by atoms with E-state index in [2.05, 4.69) is 5.32 Å². The predicted octanol–water partition coefficient (Wildman–Crippen LogP) is 1.39. The van der Waals surface area contributed by atoms with Crippen molar-refractivity contribution in [1.82, 2.24) is 0 Å². The summed E-state index contributed by atoms with van der Waals surface area (Å²) in [5.74, 6) is -0.959. The first-order chi connectivity index (χ1) is 9.36. The Balaban J connectivity index is 1.93. The first-order valence-electron chi connectivity index (χ1n) is 6.48. The minimum absolute atomic E-state index is 0.0811. The third-order valence-corrected chi connectivity index (χ3v) is 4.56. The maximum absolute atomic E-state index is 11.1. The Bertz CT molecular complexity index is 575. The third-order valence-electron chi connectivity index (χ3n) is 3.63. The van der Waals surface area contributed by atoms with E-state index in [0.717, 1.165) is 18.5 Å². The van der Waals surface area contributed by atoms with Crippen molar-refractivity contribution in [3.05, 3.63) is 24.3 Å². The molecule has 0 heterocycles. The largest absolute Gasteiger partial charge is 0.481 e. The van der Waals surface area contributed by atoms with Crippen LogP contribution < -0.4 is 10.5 Å². The van der Waals surface area contributed by atoms with Crippen molar-refractivity contribution in [3.8, 4) is 0 Å². The molecule has 4 N–H and O–H groups in total. The van der Waals surface area contributed by atoms with Gasteiger partial charge in [-0.15, -0.1) is 0 Å². The average molecular weight is 298 g/mol. The van der Waals surface area contributed by atoms with Gasteiger partial charge in [-0.2, -0.15) is 0 Å². The molecular formula is C13H18N2O4S. The number of primary sulfonamides is 1. The number of aliphatic carboxylic acids is 1. The van der Waals surface area contributed by atoms with Gasteiger partial charge in [0, 0.05) is 11.7 Å². The van der Waals surface area contributed by atoms with E-state index in [4.69, 9.17) is 10.2 Å². The maximum atomic E-state index is 11.1. The highest BCUT2D eigenvalue weighted by Gasteiger charge is 2.25. The topological polar surface area (TPSA) is 109 Å². The summed E-state index contributed by atoms with van der Waals surface area (Å²) >= 11 is 0. The van der Waals surface area contributed by atoms with Crippen LogP contribution in [-0.2, 0) is 14.8 Å². The molecule has 0 aromatic heterocycles. The molecule has 1 aromatic carbocycles. The molecule has 1 fully saturated rings. The van der Waals surface area contributed by atoms with Crippen molar-refractivity contribution < 1.29 is 18.3 Å². The zero-order chi connectivity index (χ0) is 14.8. The Morgan fingerprint density at radius 2 is 1.70 bits per heavy atom. The molecule has 20 heavy (non-hydrogen) atoms. The lowest BCUT2D eigenvalue weighted by Gasteiger charge is -2.27. The summed E-state index contributed by atoms with van der Waals surface area (Å²) in [6, 6.07) is 6.48. The summed E-state index contributed by atoms with van der Waals surface area (Å²) in [4.78, 5) is 10.9. The van der Waals surface area contributed by atoms with Crippen LogP contribution in [0.1, 0.15) is 25.7 Å². The number of sulfonamides is 1. The van der Waals surface area contributed by atoms with E-state index in [1.165, 1.54) is 12.1 Å². The number of anilines is 1. The van der Waals surface area contributed by atoms with Crippen molar-refractivity contribution in [2.45, 2.75) is 36.6 Å². The van der Waals surface area contributed by atoms with E-state index in [1.807, 2.05) is 0 Å². The molecule has 1 saturated carbocycles. The minimum Gasteiger partial charge on any atom is -0.481 e. The number of nitrogens with one attached hydrogen (secondary N) is 1. The number of nitrogens with two attached hydrogens (primary N) is 1. The molecule has 0 radical (unpaired) electrons. The fraction of sp³-hybridized carbons (Fsp3) is 0.462. The van der Waals surface area contributed by atoms with Gasteiger partial charge in [-0.3, -0.25) is 4.79 Å². The number of hydrogen-bond acceptors (Lipinski definition) is 4. The smallest absolute Gasteiger partial charge is 0.306 e. The Hall–Kier alpha value is -1.60. The Morgan fingerprint density at radius 3 is 2.15 bits per heavy atom. The van der Waals surface area contributed by atoms with Crippen LogP contribution in [0.4, 0.5) is 5.69 Å². The Labute approximate surface area is 118 Å². The van der Waals surface area contributed by atoms with E-state index in [0.29, 0.717) is 12.8 Å². The summed E-state index contributed by atoms with van der Waals surface area (Å²) < 4.78 is 22.3. The second kappa shape index (κ2) is 5.80. The van der Waals surface area contributed by atoms with Crippen LogP contribution in [0.3, 0.4) is 0 Å². The molecule has 7 heteroatoms. The first-order valence-corrected chi connectivity index (χ1v) is 8.03. The lowest BCUT2D eigenvalue weighted by molar-refractivity contribution is -0.142.